The van der Waals surface area contributed by atoms with E-state index in [2.05, 4.69) is 54.6 Å². The molecule has 0 aliphatic heterocycles. The highest BCUT2D eigenvalue weighted by atomic mass is 127. The highest BCUT2D eigenvalue weighted by molar-refractivity contribution is 14.1. The van der Waals surface area contributed by atoms with Crippen LogP contribution in [0.1, 0.15) is 35.3 Å². The summed E-state index contributed by atoms with van der Waals surface area (Å²) in [7, 11) is 0. The number of aliphatic hydroxyl groups excluding tert-OH is 1. The third-order valence-electron chi connectivity index (χ3n) is 3.19. The quantitative estimate of drug-likeness (QED) is 0.819. The van der Waals surface area contributed by atoms with Crippen LogP contribution in [0.3, 0.4) is 0 Å². The predicted octanol–water partition coefficient (Wildman–Crippen LogP) is 4.24. The summed E-state index contributed by atoms with van der Waals surface area (Å²) in [6.07, 6.45) is 0.453. The number of halogens is 1. The van der Waals surface area contributed by atoms with E-state index in [1.165, 1.54) is 11.1 Å². The van der Waals surface area contributed by atoms with Crippen molar-refractivity contribution in [2.75, 3.05) is 0 Å². The van der Waals surface area contributed by atoms with Crippen LogP contribution in [0.25, 0.3) is 0 Å². The average Bonchev–Trinajstić information content (AvgIpc) is 2.41. The second-order valence-corrected chi connectivity index (χ2v) is 5.56. The van der Waals surface area contributed by atoms with Crippen LogP contribution in [-0.4, -0.2) is 5.11 Å². The number of hydrogen-bond acceptors (Lipinski definition) is 1. The minimum Gasteiger partial charge on any atom is -0.384 e. The largest absolute Gasteiger partial charge is 0.384 e. The van der Waals surface area contributed by atoms with Crippen molar-refractivity contribution in [2.24, 2.45) is 0 Å². The van der Waals surface area contributed by atoms with Crippen LogP contribution < -0.4 is 0 Å². The van der Waals surface area contributed by atoms with Gasteiger partial charge in [0.05, 0.1) is 0 Å². The maximum absolute atomic E-state index is 10.5. The lowest BCUT2D eigenvalue weighted by molar-refractivity contribution is 0.219. The van der Waals surface area contributed by atoms with Crippen molar-refractivity contribution in [1.82, 2.24) is 0 Å². The Morgan fingerprint density at radius 1 is 1.17 bits per heavy atom. The van der Waals surface area contributed by atoms with Gasteiger partial charge in [-0.25, -0.2) is 0 Å². The van der Waals surface area contributed by atoms with E-state index in [1.54, 1.807) is 0 Å². The smallest absolute Gasteiger partial charge is 0.105 e. The molecule has 0 bridgehead atoms. The molecule has 0 saturated heterocycles. The standard InChI is InChI=1S/C16H17IO/c1-3-12-7-5-8-13(10-12)16(18)14-9-4-6-11(2)15(14)17/h4-10,16,18H,3H2,1-2H3. The molecule has 1 nitrogen and oxygen atoms in total. The fraction of sp³-hybridized carbons (Fsp3) is 0.250. The van der Waals surface area contributed by atoms with E-state index >= 15 is 0 Å². The minimum atomic E-state index is -0.539. The summed E-state index contributed by atoms with van der Waals surface area (Å²) >= 11 is 2.30. The van der Waals surface area contributed by atoms with Gasteiger partial charge in [-0.2, -0.15) is 0 Å². The topological polar surface area (TPSA) is 20.2 Å². The van der Waals surface area contributed by atoms with Gasteiger partial charge in [-0.05, 0) is 58.2 Å². The minimum absolute atomic E-state index is 0.539. The first-order valence-electron chi connectivity index (χ1n) is 6.15. The van der Waals surface area contributed by atoms with E-state index < -0.39 is 6.10 Å². The van der Waals surface area contributed by atoms with Crippen LogP contribution in [-0.2, 0) is 6.42 Å². The summed E-state index contributed by atoms with van der Waals surface area (Å²) in [5.74, 6) is 0. The molecule has 0 radical (unpaired) electrons. The molecule has 0 heterocycles. The van der Waals surface area contributed by atoms with Gasteiger partial charge in [0.1, 0.15) is 6.10 Å². The Balaban J connectivity index is 2.41. The first kappa shape index (κ1) is 13.6. The molecule has 2 heteroatoms. The van der Waals surface area contributed by atoms with Crippen molar-refractivity contribution in [2.45, 2.75) is 26.4 Å². The molecule has 18 heavy (non-hydrogen) atoms. The van der Waals surface area contributed by atoms with Crippen molar-refractivity contribution < 1.29 is 5.11 Å². The lowest BCUT2D eigenvalue weighted by Gasteiger charge is -2.15. The van der Waals surface area contributed by atoms with E-state index in [0.717, 1.165) is 21.1 Å². The monoisotopic (exact) mass is 352 g/mol. The molecule has 0 fully saturated rings. The molecule has 2 rings (SSSR count). The van der Waals surface area contributed by atoms with E-state index in [0.29, 0.717) is 0 Å². The van der Waals surface area contributed by atoms with Gasteiger partial charge in [0, 0.05) is 3.57 Å². The summed E-state index contributed by atoms with van der Waals surface area (Å²) < 4.78 is 1.14. The summed E-state index contributed by atoms with van der Waals surface area (Å²) in [5, 5.41) is 10.5. The van der Waals surface area contributed by atoms with Crippen LogP contribution in [0, 0.1) is 10.5 Å². The maximum atomic E-state index is 10.5. The number of rotatable bonds is 3. The van der Waals surface area contributed by atoms with Gasteiger partial charge in [-0.1, -0.05) is 49.4 Å². The molecule has 1 unspecified atom stereocenters. The third-order valence-corrected chi connectivity index (χ3v) is 4.66. The van der Waals surface area contributed by atoms with E-state index in [4.69, 9.17) is 0 Å². The molecule has 0 saturated carbocycles. The van der Waals surface area contributed by atoms with Gasteiger partial charge < -0.3 is 5.11 Å². The van der Waals surface area contributed by atoms with Gasteiger partial charge in [0.15, 0.2) is 0 Å². The molecule has 1 N–H and O–H groups in total. The molecule has 2 aromatic rings. The molecule has 0 aliphatic rings. The third kappa shape index (κ3) is 2.75. The Morgan fingerprint density at radius 3 is 2.61 bits per heavy atom. The zero-order valence-electron chi connectivity index (χ0n) is 10.7. The fourth-order valence-corrected chi connectivity index (χ4v) is 2.70. The van der Waals surface area contributed by atoms with Gasteiger partial charge in [-0.15, -0.1) is 0 Å². The molecule has 0 aromatic heterocycles. The van der Waals surface area contributed by atoms with E-state index in [9.17, 15) is 5.11 Å². The highest BCUT2D eigenvalue weighted by Crippen LogP contribution is 2.28. The Kier molecular flexibility index (Phi) is 4.40. The Labute approximate surface area is 122 Å². The van der Waals surface area contributed by atoms with Gasteiger partial charge in [-0.3, -0.25) is 0 Å². The van der Waals surface area contributed by atoms with Crippen LogP contribution in [0.5, 0.6) is 0 Å². The average molecular weight is 352 g/mol. The van der Waals surface area contributed by atoms with Crippen molar-refractivity contribution in [1.29, 1.82) is 0 Å². The molecular weight excluding hydrogens is 335 g/mol. The van der Waals surface area contributed by atoms with Gasteiger partial charge >= 0.3 is 0 Å². The summed E-state index contributed by atoms with van der Waals surface area (Å²) in [4.78, 5) is 0. The van der Waals surface area contributed by atoms with Crippen LogP contribution in [0.15, 0.2) is 42.5 Å². The second kappa shape index (κ2) is 5.85. The molecule has 2 aromatic carbocycles. The molecule has 1 atom stereocenters. The van der Waals surface area contributed by atoms with Crippen LogP contribution in [0.2, 0.25) is 0 Å². The number of benzene rings is 2. The lowest BCUT2D eigenvalue weighted by Crippen LogP contribution is -2.03. The fourth-order valence-electron chi connectivity index (χ4n) is 2.04. The SMILES string of the molecule is CCc1cccc(C(O)c2cccc(C)c2I)c1. The normalized spacial score (nSPS) is 12.4. The van der Waals surface area contributed by atoms with Crippen LogP contribution in [0.4, 0.5) is 0 Å². The number of aryl methyl sites for hydroxylation is 2. The number of hydrogen-bond donors (Lipinski definition) is 1. The summed E-state index contributed by atoms with van der Waals surface area (Å²) in [5.41, 5.74) is 4.43. The first-order valence-corrected chi connectivity index (χ1v) is 7.23. The zero-order valence-corrected chi connectivity index (χ0v) is 12.8. The van der Waals surface area contributed by atoms with Crippen molar-refractivity contribution in [3.8, 4) is 0 Å². The summed E-state index contributed by atoms with van der Waals surface area (Å²) in [6.45, 7) is 4.20. The molecular formula is C16H17IO. The molecule has 0 amide bonds. The molecule has 94 valence electrons. The Bertz CT molecular complexity index is 549. The zero-order chi connectivity index (χ0) is 13.1. The molecule has 0 spiro atoms. The number of aliphatic hydroxyl groups is 1. The first-order chi connectivity index (χ1) is 8.63. The highest BCUT2D eigenvalue weighted by Gasteiger charge is 2.14. The maximum Gasteiger partial charge on any atom is 0.105 e. The Hall–Kier alpha value is -0.870. The Morgan fingerprint density at radius 2 is 1.89 bits per heavy atom. The summed E-state index contributed by atoms with van der Waals surface area (Å²) in [6, 6.07) is 14.3. The van der Waals surface area contributed by atoms with Crippen molar-refractivity contribution in [3.05, 3.63) is 68.3 Å². The van der Waals surface area contributed by atoms with Gasteiger partial charge in [0.2, 0.25) is 0 Å². The van der Waals surface area contributed by atoms with E-state index in [1.807, 2.05) is 24.3 Å². The van der Waals surface area contributed by atoms with Crippen molar-refractivity contribution >= 4 is 22.6 Å². The molecule has 0 aliphatic carbocycles. The van der Waals surface area contributed by atoms with Gasteiger partial charge in [0.25, 0.3) is 0 Å². The lowest BCUT2D eigenvalue weighted by atomic mass is 9.98. The van der Waals surface area contributed by atoms with Crippen molar-refractivity contribution in [3.63, 3.8) is 0 Å². The van der Waals surface area contributed by atoms with E-state index in [-0.39, 0.29) is 0 Å². The second-order valence-electron chi connectivity index (χ2n) is 4.48. The predicted molar refractivity (Wildman–Crippen MR) is 83.8 cm³/mol. The van der Waals surface area contributed by atoms with Crippen LogP contribution >= 0.6 is 22.6 Å².